The second-order valence-corrected chi connectivity index (χ2v) is 8.25. The quantitative estimate of drug-likeness (QED) is 0.120. The fourth-order valence-electron chi connectivity index (χ4n) is 3.42. The third kappa shape index (κ3) is 18.1. The van der Waals surface area contributed by atoms with Gasteiger partial charge in [0.2, 0.25) is 6.10 Å². The Morgan fingerprint density at radius 1 is 0.786 bits per heavy atom. The Bertz CT molecular complexity index is 425. The molecule has 0 aromatic heterocycles. The zero-order valence-electron chi connectivity index (χ0n) is 18.8. The lowest BCUT2D eigenvalue weighted by Gasteiger charge is -2.10. The molecular formula is C25H45NO2. The lowest BCUT2D eigenvalue weighted by atomic mass is 10.0. The summed E-state index contributed by atoms with van der Waals surface area (Å²) in [6.07, 6.45) is 22.1. The Kier molecular flexibility index (Phi) is 19.5. The molecule has 0 spiro atoms. The van der Waals surface area contributed by atoms with Gasteiger partial charge in [0.1, 0.15) is 6.07 Å². The molecule has 0 aliphatic carbocycles. The summed E-state index contributed by atoms with van der Waals surface area (Å²) in [5.41, 5.74) is 0.582. The molecule has 0 aliphatic heterocycles. The van der Waals surface area contributed by atoms with Crippen LogP contribution in [0, 0.1) is 11.3 Å². The first-order valence-corrected chi connectivity index (χ1v) is 11.9. The van der Waals surface area contributed by atoms with Crippen LogP contribution in [-0.2, 0) is 9.53 Å². The molecular weight excluding hydrogens is 346 g/mol. The molecule has 0 N–H and O–H groups in total. The second-order valence-electron chi connectivity index (χ2n) is 8.25. The molecule has 0 aromatic rings. The van der Waals surface area contributed by atoms with Gasteiger partial charge in [-0.1, -0.05) is 116 Å². The van der Waals surface area contributed by atoms with Crippen LogP contribution in [0.5, 0.6) is 0 Å². The zero-order valence-corrected chi connectivity index (χ0v) is 18.8. The fourth-order valence-corrected chi connectivity index (χ4v) is 3.42. The lowest BCUT2D eigenvalue weighted by molar-refractivity contribution is -0.145. The van der Waals surface area contributed by atoms with Crippen LogP contribution in [0.15, 0.2) is 12.2 Å². The maximum Gasteiger partial charge on any atom is 0.307 e. The molecule has 0 heterocycles. The first-order valence-electron chi connectivity index (χ1n) is 11.9. The standard InChI is InChI=1S/C25H45NO2/c1-4-5-6-7-8-9-10-11-12-13-14-15-16-17-18-19-20-21-25(27)28-24(22-26)23(2)3/h24H,2,4-21H2,1,3H3/t24-/m0/s1. The number of ether oxygens (including phenoxy) is 1. The minimum absolute atomic E-state index is 0.282. The van der Waals surface area contributed by atoms with Crippen molar-refractivity contribution < 1.29 is 9.53 Å². The van der Waals surface area contributed by atoms with Gasteiger partial charge in [-0.25, -0.2) is 0 Å². The normalized spacial score (nSPS) is 11.8. The molecule has 0 saturated heterocycles. The monoisotopic (exact) mass is 391 g/mol. The van der Waals surface area contributed by atoms with Crippen molar-refractivity contribution in [3.8, 4) is 6.07 Å². The van der Waals surface area contributed by atoms with Crippen molar-refractivity contribution in [1.29, 1.82) is 5.26 Å². The van der Waals surface area contributed by atoms with Crippen LogP contribution >= 0.6 is 0 Å². The molecule has 0 fully saturated rings. The van der Waals surface area contributed by atoms with Gasteiger partial charge in [0.15, 0.2) is 0 Å². The summed E-state index contributed by atoms with van der Waals surface area (Å²) >= 11 is 0. The van der Waals surface area contributed by atoms with E-state index in [0.717, 1.165) is 12.8 Å². The maximum absolute atomic E-state index is 11.7. The Morgan fingerprint density at radius 3 is 1.46 bits per heavy atom. The van der Waals surface area contributed by atoms with Gasteiger partial charge >= 0.3 is 5.97 Å². The van der Waals surface area contributed by atoms with E-state index in [1.807, 2.05) is 6.07 Å². The topological polar surface area (TPSA) is 50.1 Å². The van der Waals surface area contributed by atoms with E-state index < -0.39 is 6.10 Å². The Hall–Kier alpha value is -1.30. The number of hydrogen-bond donors (Lipinski definition) is 0. The van der Waals surface area contributed by atoms with Crippen molar-refractivity contribution in [1.82, 2.24) is 0 Å². The van der Waals surface area contributed by atoms with E-state index in [9.17, 15) is 4.79 Å². The Labute approximate surface area is 174 Å². The van der Waals surface area contributed by atoms with Crippen molar-refractivity contribution in [2.45, 2.75) is 136 Å². The van der Waals surface area contributed by atoms with Gasteiger partial charge in [0.05, 0.1) is 0 Å². The van der Waals surface area contributed by atoms with E-state index >= 15 is 0 Å². The van der Waals surface area contributed by atoms with Crippen LogP contribution in [-0.4, -0.2) is 12.1 Å². The number of nitriles is 1. The maximum atomic E-state index is 11.7. The average Bonchev–Trinajstić information content (AvgIpc) is 2.68. The summed E-state index contributed by atoms with van der Waals surface area (Å²) in [4.78, 5) is 11.7. The number of hydrogen-bond acceptors (Lipinski definition) is 3. The predicted molar refractivity (Wildman–Crippen MR) is 119 cm³/mol. The highest BCUT2D eigenvalue weighted by Crippen LogP contribution is 2.14. The van der Waals surface area contributed by atoms with E-state index in [1.54, 1.807) is 6.92 Å². The molecule has 3 heteroatoms. The van der Waals surface area contributed by atoms with E-state index in [0.29, 0.717) is 12.0 Å². The molecule has 0 radical (unpaired) electrons. The van der Waals surface area contributed by atoms with Crippen molar-refractivity contribution in [2.75, 3.05) is 0 Å². The molecule has 0 amide bonds. The van der Waals surface area contributed by atoms with Gasteiger partial charge in [-0.2, -0.15) is 5.26 Å². The molecule has 1 atom stereocenters. The van der Waals surface area contributed by atoms with Gasteiger partial charge in [-0.3, -0.25) is 4.79 Å². The molecule has 0 unspecified atom stereocenters. The second kappa shape index (κ2) is 20.4. The van der Waals surface area contributed by atoms with Crippen molar-refractivity contribution in [3.63, 3.8) is 0 Å². The average molecular weight is 392 g/mol. The number of carbonyl (C=O) groups is 1. The number of rotatable bonds is 20. The third-order valence-electron chi connectivity index (χ3n) is 5.30. The molecule has 0 aliphatic rings. The minimum atomic E-state index is -0.793. The zero-order chi connectivity index (χ0) is 20.9. The van der Waals surface area contributed by atoms with E-state index in [-0.39, 0.29) is 5.97 Å². The lowest BCUT2D eigenvalue weighted by Crippen LogP contribution is -2.16. The van der Waals surface area contributed by atoms with Crippen LogP contribution in [0.3, 0.4) is 0 Å². The van der Waals surface area contributed by atoms with Gasteiger partial charge in [-0.15, -0.1) is 0 Å². The van der Waals surface area contributed by atoms with Crippen molar-refractivity contribution in [2.24, 2.45) is 0 Å². The first kappa shape index (κ1) is 26.7. The van der Waals surface area contributed by atoms with Crippen LogP contribution in [0.2, 0.25) is 0 Å². The molecule has 0 rings (SSSR count). The van der Waals surface area contributed by atoms with Gasteiger partial charge in [-0.05, 0) is 18.9 Å². The van der Waals surface area contributed by atoms with Crippen LogP contribution in [0.25, 0.3) is 0 Å². The highest BCUT2D eigenvalue weighted by molar-refractivity contribution is 5.70. The van der Waals surface area contributed by atoms with E-state index in [4.69, 9.17) is 10.00 Å². The minimum Gasteiger partial charge on any atom is -0.442 e. The smallest absolute Gasteiger partial charge is 0.307 e. The molecule has 0 bridgehead atoms. The Morgan fingerprint density at radius 2 is 1.14 bits per heavy atom. The molecule has 0 saturated carbocycles. The predicted octanol–water partition coefficient (Wildman–Crippen LogP) is 8.04. The number of unbranched alkanes of at least 4 members (excludes halogenated alkanes) is 16. The molecule has 0 aromatic carbocycles. The highest BCUT2D eigenvalue weighted by atomic mass is 16.5. The SMILES string of the molecule is C=C(C)[C@H](C#N)OC(=O)CCCCCCCCCCCCCCCCCCC. The summed E-state index contributed by atoms with van der Waals surface area (Å²) in [6.45, 7) is 7.64. The van der Waals surface area contributed by atoms with E-state index in [1.165, 1.54) is 96.3 Å². The largest absolute Gasteiger partial charge is 0.442 e. The number of nitrogens with zero attached hydrogens (tertiary/aromatic N) is 1. The number of carbonyl (C=O) groups excluding carboxylic acids is 1. The number of esters is 1. The Balaban J connectivity index is 3.25. The van der Waals surface area contributed by atoms with Crippen molar-refractivity contribution >= 4 is 5.97 Å². The highest BCUT2D eigenvalue weighted by Gasteiger charge is 2.13. The summed E-state index contributed by atoms with van der Waals surface area (Å²) in [5, 5.41) is 8.88. The molecule has 162 valence electrons. The molecule has 3 nitrogen and oxygen atoms in total. The summed E-state index contributed by atoms with van der Waals surface area (Å²) in [7, 11) is 0. The summed E-state index contributed by atoms with van der Waals surface area (Å²) in [5.74, 6) is -0.282. The van der Waals surface area contributed by atoms with Crippen molar-refractivity contribution in [3.05, 3.63) is 12.2 Å². The third-order valence-corrected chi connectivity index (χ3v) is 5.30. The first-order chi connectivity index (χ1) is 13.6. The van der Waals surface area contributed by atoms with Crippen LogP contribution in [0.1, 0.15) is 129 Å². The summed E-state index contributed by atoms with van der Waals surface area (Å²) in [6, 6.07) is 1.95. The van der Waals surface area contributed by atoms with Crippen LogP contribution in [0.4, 0.5) is 0 Å². The van der Waals surface area contributed by atoms with E-state index in [2.05, 4.69) is 13.5 Å². The molecule has 28 heavy (non-hydrogen) atoms. The van der Waals surface area contributed by atoms with Crippen LogP contribution < -0.4 is 0 Å². The summed E-state index contributed by atoms with van der Waals surface area (Å²) < 4.78 is 5.09. The van der Waals surface area contributed by atoms with Gasteiger partial charge < -0.3 is 4.74 Å². The van der Waals surface area contributed by atoms with Gasteiger partial charge in [0, 0.05) is 6.42 Å². The van der Waals surface area contributed by atoms with Gasteiger partial charge in [0.25, 0.3) is 0 Å². The fraction of sp³-hybridized carbons (Fsp3) is 0.840.